The summed E-state index contributed by atoms with van der Waals surface area (Å²) in [5.41, 5.74) is 0. The molecular weight excluding hydrogens is 387 g/mol. The summed E-state index contributed by atoms with van der Waals surface area (Å²) in [6, 6.07) is 4.65. The number of ether oxygens (including phenoxy) is 1. The summed E-state index contributed by atoms with van der Waals surface area (Å²) >= 11 is 0. The third-order valence-electron chi connectivity index (χ3n) is 4.59. The van der Waals surface area contributed by atoms with Gasteiger partial charge >= 0.3 is 5.97 Å². The van der Waals surface area contributed by atoms with Crippen LogP contribution in [0, 0.1) is 17.7 Å². The first-order chi connectivity index (χ1) is 13.1. The molecule has 0 radical (unpaired) electrons. The van der Waals surface area contributed by atoms with Crippen LogP contribution in [0.5, 0.6) is 0 Å². The van der Waals surface area contributed by atoms with Gasteiger partial charge in [0.15, 0.2) is 6.10 Å². The Balaban J connectivity index is 1.88. The smallest absolute Gasteiger partial charge is 0.309 e. The summed E-state index contributed by atoms with van der Waals surface area (Å²) in [5, 5.41) is 2.71. The number of nitrogens with one attached hydrogen (secondary N) is 1. The molecule has 0 saturated carbocycles. The average Bonchev–Trinajstić information content (AvgIpc) is 2.66. The minimum Gasteiger partial charge on any atom is -0.452 e. The Kier molecular flexibility index (Phi) is 7.54. The van der Waals surface area contributed by atoms with Gasteiger partial charge < -0.3 is 10.1 Å². The van der Waals surface area contributed by atoms with Crippen LogP contribution in [0.15, 0.2) is 29.2 Å². The van der Waals surface area contributed by atoms with Crippen molar-refractivity contribution >= 4 is 21.9 Å². The molecular formula is C19H27FN2O5S. The number of esters is 1. The Bertz CT molecular complexity index is 787. The first-order valence-corrected chi connectivity index (χ1v) is 10.8. The van der Waals surface area contributed by atoms with Gasteiger partial charge in [0.2, 0.25) is 10.0 Å². The van der Waals surface area contributed by atoms with Crippen LogP contribution in [0.4, 0.5) is 4.39 Å². The Morgan fingerprint density at radius 3 is 2.29 bits per heavy atom. The first kappa shape index (κ1) is 22.3. The van der Waals surface area contributed by atoms with Gasteiger partial charge in [-0.25, -0.2) is 12.8 Å². The highest BCUT2D eigenvalue weighted by Crippen LogP contribution is 2.25. The van der Waals surface area contributed by atoms with Gasteiger partial charge in [-0.05, 0) is 49.9 Å². The molecule has 1 N–H and O–H groups in total. The molecule has 1 atom stereocenters. The van der Waals surface area contributed by atoms with E-state index >= 15 is 0 Å². The molecule has 1 heterocycles. The predicted molar refractivity (Wildman–Crippen MR) is 101 cm³/mol. The molecule has 1 saturated heterocycles. The van der Waals surface area contributed by atoms with E-state index in [1.165, 1.54) is 23.4 Å². The quantitative estimate of drug-likeness (QED) is 0.688. The van der Waals surface area contributed by atoms with Gasteiger partial charge in [-0.2, -0.15) is 4.31 Å². The maximum Gasteiger partial charge on any atom is 0.309 e. The second-order valence-electron chi connectivity index (χ2n) is 7.35. The van der Waals surface area contributed by atoms with E-state index in [1.807, 2.05) is 13.8 Å². The number of carbonyl (C=O) groups is 2. The van der Waals surface area contributed by atoms with Gasteiger partial charge in [0.25, 0.3) is 5.91 Å². The lowest BCUT2D eigenvalue weighted by molar-refractivity contribution is -0.159. The summed E-state index contributed by atoms with van der Waals surface area (Å²) in [5.74, 6) is -1.52. The van der Waals surface area contributed by atoms with Crippen molar-refractivity contribution in [3.8, 4) is 0 Å². The molecule has 1 aromatic carbocycles. The zero-order chi connectivity index (χ0) is 20.9. The average molecular weight is 414 g/mol. The lowest BCUT2D eigenvalue weighted by atomic mass is 9.98. The summed E-state index contributed by atoms with van der Waals surface area (Å²) in [4.78, 5) is 24.2. The fraction of sp³-hybridized carbons (Fsp3) is 0.579. The van der Waals surface area contributed by atoms with Crippen LogP contribution in [0.2, 0.25) is 0 Å². The highest BCUT2D eigenvalue weighted by atomic mass is 32.2. The number of piperidine rings is 1. The molecule has 2 rings (SSSR count). The Labute approximate surface area is 165 Å². The number of nitrogens with zero attached hydrogens (tertiary/aromatic N) is 1. The molecule has 1 aromatic rings. The monoisotopic (exact) mass is 414 g/mol. The van der Waals surface area contributed by atoms with Gasteiger partial charge in [0.05, 0.1) is 10.8 Å². The zero-order valence-corrected chi connectivity index (χ0v) is 17.2. The molecule has 0 aliphatic carbocycles. The standard InChI is InChI=1S/C19H27FN2O5S/c1-13(2)12-21-18(23)14(3)27-19(24)15-8-10-22(11-9-15)28(25,26)17-6-4-16(20)5-7-17/h4-7,13-15H,8-12H2,1-3H3,(H,21,23)/t14-/m1/s1. The minimum absolute atomic E-state index is 0.0189. The molecule has 0 aromatic heterocycles. The summed E-state index contributed by atoms with van der Waals surface area (Å²) in [7, 11) is -3.73. The normalized spacial score (nSPS) is 17.3. The van der Waals surface area contributed by atoms with E-state index in [1.54, 1.807) is 0 Å². The molecule has 0 bridgehead atoms. The van der Waals surface area contributed by atoms with Crippen molar-refractivity contribution < 1.29 is 27.1 Å². The van der Waals surface area contributed by atoms with E-state index < -0.39 is 33.8 Å². The van der Waals surface area contributed by atoms with E-state index in [0.717, 1.165) is 12.1 Å². The number of rotatable bonds is 7. The fourth-order valence-corrected chi connectivity index (χ4v) is 4.33. The van der Waals surface area contributed by atoms with Crippen molar-refractivity contribution in [3.05, 3.63) is 30.1 Å². The summed E-state index contributed by atoms with van der Waals surface area (Å²) in [6.45, 7) is 6.26. The van der Waals surface area contributed by atoms with Gasteiger partial charge in [0.1, 0.15) is 5.82 Å². The Morgan fingerprint density at radius 2 is 1.75 bits per heavy atom. The van der Waals surface area contributed by atoms with Crippen molar-refractivity contribution in [2.75, 3.05) is 19.6 Å². The van der Waals surface area contributed by atoms with Gasteiger partial charge in [-0.1, -0.05) is 13.8 Å². The third-order valence-corrected chi connectivity index (χ3v) is 6.50. The van der Waals surface area contributed by atoms with E-state index in [4.69, 9.17) is 4.74 Å². The lowest BCUT2D eigenvalue weighted by Gasteiger charge is -2.30. The fourth-order valence-electron chi connectivity index (χ4n) is 2.86. The van der Waals surface area contributed by atoms with Crippen molar-refractivity contribution in [3.63, 3.8) is 0 Å². The second-order valence-corrected chi connectivity index (χ2v) is 9.29. The molecule has 0 spiro atoms. The maximum absolute atomic E-state index is 13.0. The predicted octanol–water partition coefficient (Wildman–Crippen LogP) is 1.93. The van der Waals surface area contributed by atoms with Crippen LogP contribution in [0.25, 0.3) is 0 Å². The van der Waals surface area contributed by atoms with Gasteiger partial charge in [-0.3, -0.25) is 9.59 Å². The van der Waals surface area contributed by atoms with Crippen LogP contribution in [0.1, 0.15) is 33.6 Å². The number of hydrogen-bond acceptors (Lipinski definition) is 5. The molecule has 1 aliphatic rings. The second kappa shape index (κ2) is 9.47. The van der Waals surface area contributed by atoms with Crippen molar-refractivity contribution in [1.29, 1.82) is 0 Å². The van der Waals surface area contributed by atoms with Gasteiger partial charge in [-0.15, -0.1) is 0 Å². The SMILES string of the molecule is CC(C)CNC(=O)[C@@H](C)OC(=O)C1CCN(S(=O)(=O)c2ccc(F)cc2)CC1. The molecule has 9 heteroatoms. The van der Waals surface area contributed by atoms with Crippen LogP contribution in [-0.2, 0) is 24.3 Å². The minimum atomic E-state index is -3.73. The number of benzene rings is 1. The molecule has 1 aliphatic heterocycles. The highest BCUT2D eigenvalue weighted by molar-refractivity contribution is 7.89. The number of hydrogen-bond donors (Lipinski definition) is 1. The zero-order valence-electron chi connectivity index (χ0n) is 16.4. The number of amides is 1. The van der Waals surface area contributed by atoms with Gasteiger partial charge in [0, 0.05) is 19.6 Å². The Morgan fingerprint density at radius 1 is 1.18 bits per heavy atom. The van der Waals surface area contributed by atoms with Crippen LogP contribution < -0.4 is 5.32 Å². The van der Waals surface area contributed by atoms with E-state index in [2.05, 4.69) is 5.32 Å². The topological polar surface area (TPSA) is 92.8 Å². The van der Waals surface area contributed by atoms with E-state index in [0.29, 0.717) is 25.3 Å². The summed E-state index contributed by atoms with van der Waals surface area (Å²) in [6.07, 6.45) is -0.286. The van der Waals surface area contributed by atoms with Crippen molar-refractivity contribution in [2.24, 2.45) is 11.8 Å². The van der Waals surface area contributed by atoms with Crippen LogP contribution in [0.3, 0.4) is 0 Å². The first-order valence-electron chi connectivity index (χ1n) is 9.35. The Hall–Kier alpha value is -2.00. The lowest BCUT2D eigenvalue weighted by Crippen LogP contribution is -2.42. The molecule has 156 valence electrons. The van der Waals surface area contributed by atoms with Crippen LogP contribution in [-0.4, -0.2) is 50.3 Å². The van der Waals surface area contributed by atoms with Crippen LogP contribution >= 0.6 is 0 Å². The summed E-state index contributed by atoms with van der Waals surface area (Å²) < 4.78 is 44.7. The third kappa shape index (κ3) is 5.75. The van der Waals surface area contributed by atoms with E-state index in [-0.39, 0.29) is 23.9 Å². The molecule has 7 nitrogen and oxygen atoms in total. The van der Waals surface area contributed by atoms with Crippen molar-refractivity contribution in [1.82, 2.24) is 9.62 Å². The van der Waals surface area contributed by atoms with Crippen molar-refractivity contribution in [2.45, 2.75) is 44.6 Å². The molecule has 1 amide bonds. The highest BCUT2D eigenvalue weighted by Gasteiger charge is 2.33. The number of carbonyl (C=O) groups excluding carboxylic acids is 2. The maximum atomic E-state index is 13.0. The molecule has 1 fully saturated rings. The van der Waals surface area contributed by atoms with E-state index in [9.17, 15) is 22.4 Å². The molecule has 0 unspecified atom stereocenters. The molecule has 28 heavy (non-hydrogen) atoms. The number of halogens is 1. The largest absolute Gasteiger partial charge is 0.452 e. The number of sulfonamides is 1.